The van der Waals surface area contributed by atoms with Gasteiger partial charge in [-0.2, -0.15) is 13.2 Å². The Morgan fingerprint density at radius 1 is 0.880 bits per heavy atom. The van der Waals surface area contributed by atoms with Gasteiger partial charge in [0.2, 0.25) is 0 Å². The summed E-state index contributed by atoms with van der Waals surface area (Å²) in [5.41, 5.74) is -0.420. The monoisotopic (exact) mass is 356 g/mol. The maximum absolute atomic E-state index is 14.2. The molecule has 2 aliphatic carbocycles. The minimum absolute atomic E-state index is 0.0746. The standard InChI is InChI=1S/C21H28F4/c1-2-14-3-5-15(6-4-14)16-7-9-17(10-8-16)19-12-11-18(13-20(19)22)21(23,24)25/h11-17H,2-10H2,1H3. The summed E-state index contributed by atoms with van der Waals surface area (Å²) in [5.74, 6) is 1.81. The fourth-order valence-electron chi connectivity index (χ4n) is 5.00. The first-order chi connectivity index (χ1) is 11.9. The number of rotatable bonds is 3. The van der Waals surface area contributed by atoms with Gasteiger partial charge in [0.1, 0.15) is 5.82 Å². The van der Waals surface area contributed by atoms with E-state index in [0.717, 1.165) is 49.5 Å². The van der Waals surface area contributed by atoms with Crippen molar-refractivity contribution in [3.05, 3.63) is 35.1 Å². The molecule has 0 unspecified atom stereocenters. The molecule has 0 spiro atoms. The molecule has 0 nitrogen and oxygen atoms in total. The molecule has 4 heteroatoms. The van der Waals surface area contributed by atoms with Crippen molar-refractivity contribution in [2.24, 2.45) is 17.8 Å². The van der Waals surface area contributed by atoms with Crippen LogP contribution in [-0.4, -0.2) is 0 Å². The van der Waals surface area contributed by atoms with Gasteiger partial charge in [-0.1, -0.05) is 32.3 Å². The van der Waals surface area contributed by atoms with E-state index < -0.39 is 17.6 Å². The first-order valence-electron chi connectivity index (χ1n) is 9.75. The second-order valence-electron chi connectivity index (χ2n) is 8.03. The van der Waals surface area contributed by atoms with Crippen LogP contribution in [0.3, 0.4) is 0 Å². The summed E-state index contributed by atoms with van der Waals surface area (Å²) in [4.78, 5) is 0. The first-order valence-corrected chi connectivity index (χ1v) is 9.75. The van der Waals surface area contributed by atoms with Crippen LogP contribution in [0.2, 0.25) is 0 Å². The van der Waals surface area contributed by atoms with Gasteiger partial charge >= 0.3 is 6.18 Å². The molecule has 2 fully saturated rings. The normalized spacial score (nSPS) is 31.1. The minimum Gasteiger partial charge on any atom is -0.207 e. The largest absolute Gasteiger partial charge is 0.416 e. The molecule has 0 N–H and O–H groups in total. The molecule has 140 valence electrons. The van der Waals surface area contributed by atoms with E-state index in [1.165, 1.54) is 38.2 Å². The number of benzene rings is 1. The van der Waals surface area contributed by atoms with Crippen LogP contribution in [0.1, 0.15) is 81.8 Å². The lowest BCUT2D eigenvalue weighted by atomic mass is 9.68. The maximum atomic E-state index is 14.2. The molecular weight excluding hydrogens is 328 g/mol. The molecule has 2 saturated carbocycles. The molecule has 0 saturated heterocycles. The van der Waals surface area contributed by atoms with E-state index in [0.29, 0.717) is 11.6 Å². The minimum atomic E-state index is -4.48. The van der Waals surface area contributed by atoms with Crippen molar-refractivity contribution in [3.63, 3.8) is 0 Å². The zero-order valence-electron chi connectivity index (χ0n) is 14.9. The Balaban J connectivity index is 1.57. The number of alkyl halides is 3. The maximum Gasteiger partial charge on any atom is 0.416 e. The average molecular weight is 356 g/mol. The third-order valence-electron chi connectivity index (χ3n) is 6.67. The SMILES string of the molecule is CCC1CCC(C2CCC(c3ccc(C(F)(F)F)cc3F)CC2)CC1. The Hall–Kier alpha value is -1.06. The lowest BCUT2D eigenvalue weighted by Crippen LogP contribution is -2.25. The summed E-state index contributed by atoms with van der Waals surface area (Å²) >= 11 is 0. The number of hydrogen-bond acceptors (Lipinski definition) is 0. The second-order valence-corrected chi connectivity index (χ2v) is 8.03. The molecule has 0 amide bonds. The Morgan fingerprint density at radius 2 is 1.44 bits per heavy atom. The highest BCUT2D eigenvalue weighted by Crippen LogP contribution is 2.45. The third-order valence-corrected chi connectivity index (χ3v) is 6.67. The van der Waals surface area contributed by atoms with Crippen LogP contribution in [0.15, 0.2) is 18.2 Å². The van der Waals surface area contributed by atoms with E-state index in [2.05, 4.69) is 6.92 Å². The van der Waals surface area contributed by atoms with Gasteiger partial charge in [-0.15, -0.1) is 0 Å². The summed E-state index contributed by atoms with van der Waals surface area (Å²) in [6.07, 6.45) is 6.12. The summed E-state index contributed by atoms with van der Waals surface area (Å²) in [6.45, 7) is 2.27. The fourth-order valence-corrected chi connectivity index (χ4v) is 5.00. The smallest absolute Gasteiger partial charge is 0.207 e. The van der Waals surface area contributed by atoms with Crippen molar-refractivity contribution in [2.45, 2.75) is 76.8 Å². The van der Waals surface area contributed by atoms with Gasteiger partial charge in [0.15, 0.2) is 0 Å². The molecule has 0 heterocycles. The van der Waals surface area contributed by atoms with Gasteiger partial charge in [0.25, 0.3) is 0 Å². The number of halogens is 4. The third kappa shape index (κ3) is 4.38. The summed E-state index contributed by atoms with van der Waals surface area (Å²) in [5, 5.41) is 0. The highest BCUT2D eigenvalue weighted by molar-refractivity contribution is 5.29. The van der Waals surface area contributed by atoms with Crippen LogP contribution in [0, 0.1) is 23.6 Å². The van der Waals surface area contributed by atoms with Crippen LogP contribution in [-0.2, 0) is 6.18 Å². The van der Waals surface area contributed by atoms with E-state index in [-0.39, 0.29) is 5.92 Å². The zero-order chi connectivity index (χ0) is 18.0. The quantitative estimate of drug-likeness (QED) is 0.497. The Morgan fingerprint density at radius 3 is 1.92 bits per heavy atom. The molecule has 0 aromatic heterocycles. The molecule has 0 atom stereocenters. The molecule has 25 heavy (non-hydrogen) atoms. The van der Waals surface area contributed by atoms with Crippen molar-refractivity contribution >= 4 is 0 Å². The van der Waals surface area contributed by atoms with Gasteiger partial charge in [-0.25, -0.2) is 4.39 Å². The average Bonchev–Trinajstić information content (AvgIpc) is 2.61. The van der Waals surface area contributed by atoms with Crippen LogP contribution < -0.4 is 0 Å². The van der Waals surface area contributed by atoms with E-state index in [9.17, 15) is 17.6 Å². The molecule has 0 aliphatic heterocycles. The molecule has 1 aromatic carbocycles. The van der Waals surface area contributed by atoms with Crippen LogP contribution >= 0.6 is 0 Å². The highest BCUT2D eigenvalue weighted by Gasteiger charge is 2.34. The molecule has 0 bridgehead atoms. The summed E-state index contributed by atoms with van der Waals surface area (Å²) in [7, 11) is 0. The van der Waals surface area contributed by atoms with Gasteiger partial charge in [-0.3, -0.25) is 0 Å². The Kier molecular flexibility index (Phi) is 5.75. The molecule has 2 aliphatic rings. The highest BCUT2D eigenvalue weighted by atomic mass is 19.4. The van der Waals surface area contributed by atoms with Crippen LogP contribution in [0.5, 0.6) is 0 Å². The lowest BCUT2D eigenvalue weighted by molar-refractivity contribution is -0.137. The molecule has 0 radical (unpaired) electrons. The second kappa shape index (κ2) is 7.67. The van der Waals surface area contributed by atoms with E-state index in [1.807, 2.05) is 0 Å². The van der Waals surface area contributed by atoms with Crippen molar-refractivity contribution in [1.29, 1.82) is 0 Å². The van der Waals surface area contributed by atoms with Crippen molar-refractivity contribution in [2.75, 3.05) is 0 Å². The lowest BCUT2D eigenvalue weighted by Gasteiger charge is -2.38. The van der Waals surface area contributed by atoms with Crippen LogP contribution in [0.25, 0.3) is 0 Å². The Labute approximate surface area is 148 Å². The van der Waals surface area contributed by atoms with Crippen molar-refractivity contribution in [1.82, 2.24) is 0 Å². The molecule has 1 aromatic rings. The molecular formula is C21H28F4. The zero-order valence-corrected chi connectivity index (χ0v) is 14.9. The summed E-state index contributed by atoms with van der Waals surface area (Å²) < 4.78 is 52.3. The van der Waals surface area contributed by atoms with Gasteiger partial charge in [-0.05, 0) is 79.9 Å². The Bertz CT molecular complexity index is 562. The predicted octanol–water partition coefficient (Wildman–Crippen LogP) is 7.33. The van der Waals surface area contributed by atoms with Gasteiger partial charge in [0.05, 0.1) is 5.56 Å². The van der Waals surface area contributed by atoms with E-state index in [4.69, 9.17) is 0 Å². The van der Waals surface area contributed by atoms with Crippen molar-refractivity contribution in [3.8, 4) is 0 Å². The fraction of sp³-hybridized carbons (Fsp3) is 0.714. The predicted molar refractivity (Wildman–Crippen MR) is 91.8 cm³/mol. The van der Waals surface area contributed by atoms with E-state index >= 15 is 0 Å². The van der Waals surface area contributed by atoms with Crippen molar-refractivity contribution < 1.29 is 17.6 Å². The van der Waals surface area contributed by atoms with Gasteiger partial charge in [0, 0.05) is 0 Å². The van der Waals surface area contributed by atoms with Gasteiger partial charge < -0.3 is 0 Å². The first kappa shape index (κ1) is 18.7. The number of hydrogen-bond donors (Lipinski definition) is 0. The topological polar surface area (TPSA) is 0 Å². The molecule has 3 rings (SSSR count). The summed E-state index contributed by atoms with van der Waals surface area (Å²) in [6, 6.07) is 3.04. The van der Waals surface area contributed by atoms with Crippen LogP contribution in [0.4, 0.5) is 17.6 Å². The van der Waals surface area contributed by atoms with E-state index in [1.54, 1.807) is 0 Å².